The summed E-state index contributed by atoms with van der Waals surface area (Å²) in [4.78, 5) is 40.2. The lowest BCUT2D eigenvalue weighted by Gasteiger charge is -2.39. The lowest BCUT2D eigenvalue weighted by atomic mass is 9.99. The van der Waals surface area contributed by atoms with Gasteiger partial charge in [0.25, 0.3) is 11.8 Å². The van der Waals surface area contributed by atoms with E-state index in [1.54, 1.807) is 36.5 Å². The first-order valence-corrected chi connectivity index (χ1v) is 11.7. The van der Waals surface area contributed by atoms with E-state index in [2.05, 4.69) is 56.4 Å². The zero-order chi connectivity index (χ0) is 25.1. The number of hydrogen-bond donors (Lipinski definition) is 3. The molecule has 0 aromatic carbocycles. The lowest BCUT2D eigenvalue weighted by Crippen LogP contribution is -2.51. The summed E-state index contributed by atoms with van der Waals surface area (Å²) in [6.45, 7) is 6.79. The Morgan fingerprint density at radius 1 is 1.14 bits per heavy atom. The van der Waals surface area contributed by atoms with Crippen LogP contribution in [0.3, 0.4) is 0 Å². The summed E-state index contributed by atoms with van der Waals surface area (Å²) in [6, 6.07) is 3.80. The second kappa shape index (κ2) is 10.1. The number of hydrogen-bond acceptors (Lipinski definition) is 8. The Balaban J connectivity index is 1.51. The third-order valence-electron chi connectivity index (χ3n) is 6.11. The molecule has 4 rings (SSSR count). The van der Waals surface area contributed by atoms with Gasteiger partial charge >= 0.3 is 0 Å². The molecule has 0 bridgehead atoms. The summed E-state index contributed by atoms with van der Waals surface area (Å²) in [6.07, 6.45) is 8.25. The minimum absolute atomic E-state index is 0.0458. The van der Waals surface area contributed by atoms with Gasteiger partial charge in [0.05, 0.1) is 23.6 Å². The highest BCUT2D eigenvalue weighted by Gasteiger charge is 2.29. The largest absolute Gasteiger partial charge is 0.364 e. The minimum Gasteiger partial charge on any atom is -0.364 e. The van der Waals surface area contributed by atoms with Crippen molar-refractivity contribution < 1.29 is 9.59 Å². The van der Waals surface area contributed by atoms with Crippen molar-refractivity contribution in [3.63, 3.8) is 0 Å². The second-order valence-electron chi connectivity index (χ2n) is 9.19. The van der Waals surface area contributed by atoms with E-state index in [9.17, 15) is 9.59 Å². The van der Waals surface area contributed by atoms with E-state index in [0.29, 0.717) is 29.5 Å². The SMILES string of the molecule is CC(C)c1ccc(C(=O)N[C@@H]2CC[C@H](C)N(c3cnc(C(N)=O)c(Nc4cnn(C)c4)n3)C2)cn1. The van der Waals surface area contributed by atoms with Gasteiger partial charge in [0.2, 0.25) is 0 Å². The molecule has 0 spiro atoms. The van der Waals surface area contributed by atoms with Gasteiger partial charge in [0.1, 0.15) is 5.82 Å². The molecule has 11 nitrogen and oxygen atoms in total. The summed E-state index contributed by atoms with van der Waals surface area (Å²) in [7, 11) is 1.79. The van der Waals surface area contributed by atoms with E-state index in [1.807, 2.05) is 12.1 Å². The number of carbonyl (C=O) groups excluding carboxylic acids is 2. The van der Waals surface area contributed by atoms with Gasteiger partial charge < -0.3 is 21.3 Å². The molecule has 3 aromatic heterocycles. The maximum absolute atomic E-state index is 12.8. The number of anilines is 3. The smallest absolute Gasteiger partial charge is 0.271 e. The number of aromatic nitrogens is 5. The maximum Gasteiger partial charge on any atom is 0.271 e. The highest BCUT2D eigenvalue weighted by Crippen LogP contribution is 2.26. The van der Waals surface area contributed by atoms with E-state index in [1.165, 1.54) is 0 Å². The minimum atomic E-state index is -0.677. The Hall–Kier alpha value is -4.02. The zero-order valence-corrected chi connectivity index (χ0v) is 20.4. The average molecular weight is 478 g/mol. The first kappa shape index (κ1) is 24.1. The molecule has 4 N–H and O–H groups in total. The predicted molar refractivity (Wildman–Crippen MR) is 133 cm³/mol. The van der Waals surface area contributed by atoms with Crippen molar-refractivity contribution in [1.82, 2.24) is 30.0 Å². The van der Waals surface area contributed by atoms with E-state index >= 15 is 0 Å². The predicted octanol–water partition coefficient (Wildman–Crippen LogP) is 2.36. The molecule has 1 aliphatic rings. The summed E-state index contributed by atoms with van der Waals surface area (Å²) in [5.74, 6) is 0.333. The molecule has 184 valence electrons. The first-order valence-electron chi connectivity index (χ1n) is 11.7. The van der Waals surface area contributed by atoms with Crippen molar-refractivity contribution in [2.75, 3.05) is 16.8 Å². The van der Waals surface area contributed by atoms with Crippen molar-refractivity contribution in [2.24, 2.45) is 12.8 Å². The van der Waals surface area contributed by atoms with E-state index < -0.39 is 5.91 Å². The summed E-state index contributed by atoms with van der Waals surface area (Å²) >= 11 is 0. The molecule has 4 heterocycles. The Labute approximate surface area is 204 Å². The van der Waals surface area contributed by atoms with Crippen molar-refractivity contribution in [3.05, 3.63) is 53.9 Å². The molecule has 2 atom stereocenters. The van der Waals surface area contributed by atoms with Crippen LogP contribution in [0.4, 0.5) is 17.3 Å². The highest BCUT2D eigenvalue weighted by atomic mass is 16.2. The number of primary amides is 1. The molecular weight excluding hydrogens is 446 g/mol. The molecule has 0 aliphatic carbocycles. The molecule has 35 heavy (non-hydrogen) atoms. The first-order chi connectivity index (χ1) is 16.7. The quantitative estimate of drug-likeness (QED) is 0.470. The normalized spacial score (nSPS) is 17.9. The Morgan fingerprint density at radius 3 is 2.57 bits per heavy atom. The average Bonchev–Trinajstić information content (AvgIpc) is 3.24. The number of aryl methyl sites for hydroxylation is 1. The molecule has 3 aromatic rings. The zero-order valence-electron chi connectivity index (χ0n) is 20.4. The maximum atomic E-state index is 12.8. The van der Waals surface area contributed by atoms with Crippen LogP contribution in [-0.4, -0.2) is 55.2 Å². The third kappa shape index (κ3) is 5.56. The van der Waals surface area contributed by atoms with Crippen LogP contribution in [0, 0.1) is 0 Å². The van der Waals surface area contributed by atoms with E-state index in [-0.39, 0.29) is 29.5 Å². The van der Waals surface area contributed by atoms with Gasteiger partial charge in [-0.3, -0.25) is 19.3 Å². The monoisotopic (exact) mass is 477 g/mol. The number of pyridine rings is 1. The fraction of sp³-hybridized carbons (Fsp3) is 0.417. The topological polar surface area (TPSA) is 144 Å². The Morgan fingerprint density at radius 2 is 1.94 bits per heavy atom. The standard InChI is InChI=1S/C24H31N9O2/c1-14(2)19-8-6-16(9-26-19)24(35)30-17-7-5-15(3)33(13-17)20-11-27-21(22(25)34)23(31-20)29-18-10-28-32(4)12-18/h6,8-12,14-15,17H,5,7,13H2,1-4H3,(H2,25,34)(H,29,31)(H,30,35)/t15-,17+/m0/s1. The van der Waals surface area contributed by atoms with Crippen LogP contribution >= 0.6 is 0 Å². The molecular formula is C24H31N9O2. The van der Waals surface area contributed by atoms with Gasteiger partial charge in [-0.05, 0) is 37.8 Å². The molecule has 1 saturated heterocycles. The Bertz CT molecular complexity index is 1210. The molecule has 0 unspecified atom stereocenters. The number of nitrogens with one attached hydrogen (secondary N) is 2. The number of rotatable bonds is 7. The van der Waals surface area contributed by atoms with E-state index in [4.69, 9.17) is 5.73 Å². The van der Waals surface area contributed by atoms with Crippen LogP contribution < -0.4 is 21.3 Å². The van der Waals surface area contributed by atoms with E-state index in [0.717, 1.165) is 18.5 Å². The molecule has 2 amide bonds. The van der Waals surface area contributed by atoms with Gasteiger partial charge in [-0.1, -0.05) is 13.8 Å². The molecule has 1 aliphatic heterocycles. The van der Waals surface area contributed by atoms with Crippen molar-refractivity contribution >= 4 is 29.1 Å². The van der Waals surface area contributed by atoms with Crippen LogP contribution in [0.25, 0.3) is 0 Å². The molecule has 0 radical (unpaired) electrons. The van der Waals surface area contributed by atoms with Gasteiger partial charge in [-0.15, -0.1) is 0 Å². The van der Waals surface area contributed by atoms with Gasteiger partial charge in [0, 0.05) is 43.8 Å². The summed E-state index contributed by atoms with van der Waals surface area (Å²) < 4.78 is 1.63. The lowest BCUT2D eigenvalue weighted by molar-refractivity contribution is 0.0929. The number of nitrogens with zero attached hydrogens (tertiary/aromatic N) is 6. The van der Waals surface area contributed by atoms with Crippen molar-refractivity contribution in [3.8, 4) is 0 Å². The summed E-state index contributed by atoms with van der Waals surface area (Å²) in [5.41, 5.74) is 7.71. The summed E-state index contributed by atoms with van der Waals surface area (Å²) in [5, 5.41) is 10.3. The number of amides is 2. The van der Waals surface area contributed by atoms with Crippen LogP contribution in [0.5, 0.6) is 0 Å². The van der Waals surface area contributed by atoms with Crippen LogP contribution in [0.15, 0.2) is 36.9 Å². The van der Waals surface area contributed by atoms with Gasteiger partial charge in [-0.2, -0.15) is 5.10 Å². The van der Waals surface area contributed by atoms with Crippen LogP contribution in [0.1, 0.15) is 66.1 Å². The van der Waals surface area contributed by atoms with Crippen molar-refractivity contribution in [2.45, 2.75) is 51.6 Å². The molecule has 0 saturated carbocycles. The third-order valence-corrected chi connectivity index (χ3v) is 6.11. The molecule has 1 fully saturated rings. The Kier molecular flexibility index (Phi) is 6.94. The fourth-order valence-corrected chi connectivity index (χ4v) is 4.10. The van der Waals surface area contributed by atoms with Crippen LogP contribution in [-0.2, 0) is 7.05 Å². The number of carbonyl (C=O) groups is 2. The number of piperidine rings is 1. The van der Waals surface area contributed by atoms with Gasteiger partial charge in [-0.25, -0.2) is 9.97 Å². The van der Waals surface area contributed by atoms with Crippen molar-refractivity contribution in [1.29, 1.82) is 0 Å². The second-order valence-corrected chi connectivity index (χ2v) is 9.19. The van der Waals surface area contributed by atoms with Crippen LogP contribution in [0.2, 0.25) is 0 Å². The highest BCUT2D eigenvalue weighted by molar-refractivity contribution is 5.96. The molecule has 11 heteroatoms. The number of nitrogens with two attached hydrogens (primary N) is 1. The fourth-order valence-electron chi connectivity index (χ4n) is 4.10. The van der Waals surface area contributed by atoms with Gasteiger partial charge in [0.15, 0.2) is 11.5 Å².